The number of aromatic nitrogens is 1. The van der Waals surface area contributed by atoms with Crippen LogP contribution < -0.4 is 4.72 Å². The van der Waals surface area contributed by atoms with Crippen LogP contribution in [-0.2, 0) is 10.0 Å². The van der Waals surface area contributed by atoms with Gasteiger partial charge in [0.15, 0.2) is 0 Å². The Bertz CT molecular complexity index is 1050. The van der Waals surface area contributed by atoms with E-state index in [-0.39, 0.29) is 16.0 Å². The number of carbonyl (C=O) groups excluding carboxylic acids is 1. The van der Waals surface area contributed by atoms with E-state index < -0.39 is 10.0 Å². The zero-order chi connectivity index (χ0) is 19.6. The fourth-order valence-electron chi connectivity index (χ4n) is 3.32. The summed E-state index contributed by atoms with van der Waals surface area (Å²) in [6, 6.07) is 9.90. The molecule has 28 heavy (non-hydrogen) atoms. The summed E-state index contributed by atoms with van der Waals surface area (Å²) < 4.78 is 27.6. The van der Waals surface area contributed by atoms with E-state index in [9.17, 15) is 13.2 Å². The summed E-state index contributed by atoms with van der Waals surface area (Å²) in [5, 5.41) is 4.73. The van der Waals surface area contributed by atoms with Crippen molar-refractivity contribution >= 4 is 44.3 Å². The minimum atomic E-state index is -3.64. The molecule has 0 radical (unpaired) electrons. The molecule has 0 spiro atoms. The van der Waals surface area contributed by atoms with Gasteiger partial charge in [-0.05, 0) is 42.5 Å². The monoisotopic (exact) mass is 433 g/mol. The maximum atomic E-state index is 13.0. The van der Waals surface area contributed by atoms with E-state index in [1.54, 1.807) is 59.3 Å². The predicted molar refractivity (Wildman–Crippen MR) is 112 cm³/mol. The highest BCUT2D eigenvalue weighted by atomic mass is 32.2. The van der Waals surface area contributed by atoms with Gasteiger partial charge in [0, 0.05) is 41.8 Å². The number of anilines is 1. The van der Waals surface area contributed by atoms with E-state index >= 15 is 0 Å². The zero-order valence-electron chi connectivity index (χ0n) is 14.9. The molecule has 1 aliphatic rings. The van der Waals surface area contributed by atoms with Crippen LogP contribution in [0.25, 0.3) is 0 Å². The van der Waals surface area contributed by atoms with Crippen molar-refractivity contribution < 1.29 is 13.2 Å². The summed E-state index contributed by atoms with van der Waals surface area (Å²) in [6.45, 7) is 1.34. The first-order chi connectivity index (χ1) is 13.5. The molecule has 1 aliphatic heterocycles. The Hall–Kier alpha value is -2.23. The highest BCUT2D eigenvalue weighted by Gasteiger charge is 2.27. The second kappa shape index (κ2) is 8.02. The van der Waals surface area contributed by atoms with Gasteiger partial charge < -0.3 is 4.90 Å². The number of amides is 1. The maximum absolute atomic E-state index is 13.0. The van der Waals surface area contributed by atoms with Crippen molar-refractivity contribution in [3.05, 3.63) is 63.9 Å². The third-order valence-electron chi connectivity index (χ3n) is 4.63. The first kappa shape index (κ1) is 19.1. The summed E-state index contributed by atoms with van der Waals surface area (Å²) in [5.74, 6) is 0.177. The Balaban J connectivity index is 1.50. The lowest BCUT2D eigenvalue weighted by molar-refractivity contribution is 0.0707. The van der Waals surface area contributed by atoms with E-state index in [4.69, 9.17) is 0 Å². The maximum Gasteiger partial charge on any atom is 0.271 e. The second-order valence-corrected chi connectivity index (χ2v) is 10.4. The van der Waals surface area contributed by atoms with Gasteiger partial charge in [0.2, 0.25) is 0 Å². The molecule has 3 aromatic rings. The molecule has 0 saturated carbocycles. The number of rotatable bonds is 5. The SMILES string of the molecule is O=C(c1cccc(NS(=O)(=O)c2cccs2)c1)N1CCCC(c2nccs2)C1. The minimum absolute atomic E-state index is 0.0848. The molecule has 1 atom stereocenters. The predicted octanol–water partition coefficient (Wildman–Crippen LogP) is 4.03. The molecule has 2 aromatic heterocycles. The van der Waals surface area contributed by atoms with Crippen molar-refractivity contribution in [1.82, 2.24) is 9.88 Å². The van der Waals surface area contributed by atoms with Gasteiger partial charge in [-0.3, -0.25) is 9.52 Å². The number of hydrogen-bond acceptors (Lipinski definition) is 6. The van der Waals surface area contributed by atoms with Gasteiger partial charge in [-0.1, -0.05) is 12.1 Å². The molecule has 1 amide bonds. The molecule has 1 aromatic carbocycles. The topological polar surface area (TPSA) is 79.4 Å². The molecule has 1 N–H and O–H groups in total. The van der Waals surface area contributed by atoms with Crippen molar-refractivity contribution in [3.8, 4) is 0 Å². The molecule has 4 rings (SSSR count). The van der Waals surface area contributed by atoms with Gasteiger partial charge in [-0.25, -0.2) is 13.4 Å². The second-order valence-electron chi connectivity index (χ2n) is 6.58. The molecule has 9 heteroatoms. The van der Waals surface area contributed by atoms with E-state index in [0.717, 1.165) is 29.2 Å². The lowest BCUT2D eigenvalue weighted by atomic mass is 9.98. The first-order valence-corrected chi connectivity index (χ1v) is 12.1. The van der Waals surface area contributed by atoms with Gasteiger partial charge in [0.25, 0.3) is 15.9 Å². The standard InChI is InChI=1S/C19H19N3O3S3/c23-19(22-9-2-5-15(13-22)18-20-8-11-27-18)14-4-1-6-16(12-14)21-28(24,25)17-7-3-10-26-17/h1,3-4,6-8,10-12,15,21H,2,5,9,13H2. The Kier molecular flexibility index (Phi) is 5.47. The van der Waals surface area contributed by atoms with Gasteiger partial charge in [0.1, 0.15) is 4.21 Å². The average Bonchev–Trinajstić information content (AvgIpc) is 3.41. The fraction of sp³-hybridized carbons (Fsp3) is 0.263. The normalized spacial score (nSPS) is 17.4. The Morgan fingerprint density at radius 3 is 2.82 bits per heavy atom. The van der Waals surface area contributed by atoms with Crippen molar-refractivity contribution in [2.24, 2.45) is 0 Å². The van der Waals surface area contributed by atoms with E-state index in [1.165, 1.54) is 0 Å². The highest BCUT2D eigenvalue weighted by Crippen LogP contribution is 2.29. The summed E-state index contributed by atoms with van der Waals surface area (Å²) in [5.41, 5.74) is 0.860. The smallest absolute Gasteiger partial charge is 0.271 e. The van der Waals surface area contributed by atoms with Crippen LogP contribution in [0, 0.1) is 0 Å². The Morgan fingerprint density at radius 1 is 1.18 bits per heavy atom. The number of benzene rings is 1. The van der Waals surface area contributed by atoms with Crippen LogP contribution in [0.1, 0.15) is 34.1 Å². The van der Waals surface area contributed by atoms with Crippen LogP contribution in [0.15, 0.2) is 57.6 Å². The highest BCUT2D eigenvalue weighted by molar-refractivity contribution is 7.94. The van der Waals surface area contributed by atoms with Crippen LogP contribution in [-0.4, -0.2) is 37.3 Å². The summed E-state index contributed by atoms with van der Waals surface area (Å²) in [4.78, 5) is 19.2. The van der Waals surface area contributed by atoms with Crippen LogP contribution in [0.2, 0.25) is 0 Å². The quantitative estimate of drug-likeness (QED) is 0.659. The van der Waals surface area contributed by atoms with Crippen LogP contribution in [0.4, 0.5) is 5.69 Å². The first-order valence-electron chi connectivity index (χ1n) is 8.88. The number of likely N-dealkylation sites (tertiary alicyclic amines) is 1. The molecule has 0 aliphatic carbocycles. The number of carbonyl (C=O) groups is 1. The lowest BCUT2D eigenvalue weighted by Gasteiger charge is -2.32. The summed E-state index contributed by atoms with van der Waals surface area (Å²) in [6.07, 6.45) is 3.75. The van der Waals surface area contributed by atoms with Crippen molar-refractivity contribution in [1.29, 1.82) is 0 Å². The summed E-state index contributed by atoms with van der Waals surface area (Å²) in [7, 11) is -3.64. The van der Waals surface area contributed by atoms with Crippen LogP contribution in [0.3, 0.4) is 0 Å². The molecule has 1 saturated heterocycles. The van der Waals surface area contributed by atoms with Crippen molar-refractivity contribution in [2.75, 3.05) is 17.8 Å². The van der Waals surface area contributed by atoms with Gasteiger partial charge >= 0.3 is 0 Å². The fourth-order valence-corrected chi connectivity index (χ4v) is 6.13. The lowest BCUT2D eigenvalue weighted by Crippen LogP contribution is -2.39. The van der Waals surface area contributed by atoms with Crippen molar-refractivity contribution in [2.45, 2.75) is 23.0 Å². The van der Waals surface area contributed by atoms with Crippen molar-refractivity contribution in [3.63, 3.8) is 0 Å². The number of thiazole rings is 1. The zero-order valence-corrected chi connectivity index (χ0v) is 17.4. The van der Waals surface area contributed by atoms with Gasteiger partial charge in [-0.15, -0.1) is 22.7 Å². The number of sulfonamides is 1. The molecule has 1 unspecified atom stereocenters. The molecule has 6 nitrogen and oxygen atoms in total. The third-order valence-corrected chi connectivity index (χ3v) is 8.35. The molecule has 1 fully saturated rings. The number of hydrogen-bond donors (Lipinski definition) is 1. The van der Waals surface area contributed by atoms with Gasteiger partial charge in [-0.2, -0.15) is 0 Å². The molecule has 146 valence electrons. The third kappa shape index (κ3) is 4.11. The summed E-state index contributed by atoms with van der Waals surface area (Å²) >= 11 is 2.77. The molecular weight excluding hydrogens is 414 g/mol. The number of nitrogens with one attached hydrogen (secondary N) is 1. The number of nitrogens with zero attached hydrogens (tertiary/aromatic N) is 2. The van der Waals surface area contributed by atoms with E-state index in [1.807, 2.05) is 10.3 Å². The molecular formula is C19H19N3O3S3. The Labute approximate surface area is 171 Å². The van der Waals surface area contributed by atoms with Crippen LogP contribution >= 0.6 is 22.7 Å². The average molecular weight is 434 g/mol. The van der Waals surface area contributed by atoms with E-state index in [2.05, 4.69) is 9.71 Å². The van der Waals surface area contributed by atoms with Crippen LogP contribution in [0.5, 0.6) is 0 Å². The molecule has 3 heterocycles. The number of thiophene rings is 1. The van der Waals surface area contributed by atoms with E-state index in [0.29, 0.717) is 24.3 Å². The van der Waals surface area contributed by atoms with Gasteiger partial charge in [0.05, 0.1) is 5.01 Å². The number of piperidine rings is 1. The minimum Gasteiger partial charge on any atom is -0.338 e. The Morgan fingerprint density at radius 2 is 2.07 bits per heavy atom. The molecule has 0 bridgehead atoms. The largest absolute Gasteiger partial charge is 0.338 e.